The summed E-state index contributed by atoms with van der Waals surface area (Å²) in [5.41, 5.74) is 0. The first-order chi connectivity index (χ1) is 6.13. The van der Waals surface area contributed by atoms with Crippen molar-refractivity contribution in [1.29, 1.82) is 0 Å². The van der Waals surface area contributed by atoms with Crippen molar-refractivity contribution in [3.63, 3.8) is 0 Å². The summed E-state index contributed by atoms with van der Waals surface area (Å²) < 4.78 is 16.1. The zero-order valence-electron chi connectivity index (χ0n) is 7.28. The van der Waals surface area contributed by atoms with E-state index in [4.69, 9.17) is 16.3 Å². The Hall–Kier alpha value is -0.680. The average Bonchev–Trinajstić information content (AvgIpc) is 2.03. The minimum atomic E-state index is -1.24. The van der Waals surface area contributed by atoms with Crippen molar-refractivity contribution in [3.8, 4) is 5.88 Å². The zero-order chi connectivity index (χ0) is 9.84. The molecule has 0 saturated carbocycles. The Morgan fingerprint density at radius 1 is 1.62 bits per heavy atom. The molecule has 0 aliphatic heterocycles. The lowest BCUT2D eigenvalue weighted by molar-refractivity contribution is 0.323. The highest BCUT2D eigenvalue weighted by Crippen LogP contribution is 2.14. The molecule has 0 fully saturated rings. The molecule has 1 aromatic rings. The zero-order valence-corrected chi connectivity index (χ0v) is 8.85. The van der Waals surface area contributed by atoms with Crippen molar-refractivity contribution in [2.45, 2.75) is 12.1 Å². The molecule has 1 heterocycles. The molecule has 0 saturated heterocycles. The van der Waals surface area contributed by atoms with E-state index in [1.165, 1.54) is 12.3 Å². The molecule has 4 nitrogen and oxygen atoms in total. The maximum Gasteiger partial charge on any atom is 0.222 e. The van der Waals surface area contributed by atoms with Gasteiger partial charge in [-0.25, -0.2) is 4.98 Å². The fourth-order valence-corrected chi connectivity index (χ4v) is 1.40. The number of rotatable bonds is 3. The van der Waals surface area contributed by atoms with E-state index in [0.29, 0.717) is 12.5 Å². The first-order valence-corrected chi connectivity index (χ1v) is 5.58. The van der Waals surface area contributed by atoms with Crippen LogP contribution in [0.25, 0.3) is 0 Å². The minimum Gasteiger partial charge on any atom is -0.478 e. The summed E-state index contributed by atoms with van der Waals surface area (Å²) in [4.78, 5) is 7.69. The van der Waals surface area contributed by atoms with Crippen molar-refractivity contribution >= 4 is 22.4 Å². The lowest BCUT2D eigenvalue weighted by atomic mass is 10.6. The van der Waals surface area contributed by atoms with E-state index < -0.39 is 10.8 Å². The number of aromatic nitrogens is 2. The lowest BCUT2D eigenvalue weighted by Crippen LogP contribution is -2.01. The van der Waals surface area contributed by atoms with Gasteiger partial charge in [0, 0.05) is 12.3 Å². The van der Waals surface area contributed by atoms with Crippen LogP contribution in [0.2, 0.25) is 5.15 Å². The van der Waals surface area contributed by atoms with Crippen LogP contribution in [0.1, 0.15) is 6.92 Å². The summed E-state index contributed by atoms with van der Waals surface area (Å²) in [5, 5.41) is 0.430. The van der Waals surface area contributed by atoms with Gasteiger partial charge in [-0.15, -0.1) is 0 Å². The molecule has 6 heteroatoms. The molecule has 1 rings (SSSR count). The fraction of sp³-hybridized carbons (Fsp3) is 0.429. The van der Waals surface area contributed by atoms with Crippen LogP contribution in [-0.2, 0) is 10.8 Å². The van der Waals surface area contributed by atoms with Gasteiger partial charge in [0.25, 0.3) is 0 Å². The van der Waals surface area contributed by atoms with Crippen LogP contribution >= 0.6 is 11.6 Å². The molecule has 1 aromatic heterocycles. The Morgan fingerprint density at radius 3 is 2.85 bits per heavy atom. The molecule has 0 radical (unpaired) electrons. The van der Waals surface area contributed by atoms with Crippen LogP contribution in [0, 0.1) is 0 Å². The molecule has 0 bridgehead atoms. The highest BCUT2D eigenvalue weighted by Gasteiger charge is 2.06. The third-order valence-corrected chi connectivity index (χ3v) is 2.09. The maximum absolute atomic E-state index is 11.0. The van der Waals surface area contributed by atoms with Crippen LogP contribution in [0.5, 0.6) is 5.88 Å². The normalized spacial score (nSPS) is 12.5. The maximum atomic E-state index is 11.0. The SMILES string of the molecule is CCOc1cc(Cl)nc([S@](C)=O)n1. The number of hydrogen-bond donors (Lipinski definition) is 0. The highest BCUT2D eigenvalue weighted by atomic mass is 35.5. The van der Waals surface area contributed by atoms with E-state index >= 15 is 0 Å². The van der Waals surface area contributed by atoms with Crippen LogP contribution in [0.15, 0.2) is 11.2 Å². The Kier molecular flexibility index (Phi) is 3.62. The van der Waals surface area contributed by atoms with Gasteiger partial charge >= 0.3 is 0 Å². The number of halogens is 1. The second-order valence-corrected chi connectivity index (χ2v) is 3.86. The Morgan fingerprint density at radius 2 is 2.31 bits per heavy atom. The third kappa shape index (κ3) is 2.93. The molecule has 0 spiro atoms. The van der Waals surface area contributed by atoms with E-state index in [2.05, 4.69) is 9.97 Å². The standard InChI is InChI=1S/C7H9ClN2O2S/c1-3-12-6-4-5(8)9-7(10-6)13(2)11/h4H,3H2,1-2H3/t13-/m0/s1. The second-order valence-electron chi connectivity index (χ2n) is 2.20. The van der Waals surface area contributed by atoms with Gasteiger partial charge in [0.1, 0.15) is 5.15 Å². The van der Waals surface area contributed by atoms with Gasteiger partial charge in [-0.2, -0.15) is 4.98 Å². The van der Waals surface area contributed by atoms with Crippen LogP contribution in [-0.4, -0.2) is 27.0 Å². The molecule has 13 heavy (non-hydrogen) atoms. The molecular formula is C7H9ClN2O2S. The summed E-state index contributed by atoms with van der Waals surface area (Å²) >= 11 is 5.66. The molecular weight excluding hydrogens is 212 g/mol. The predicted molar refractivity (Wildman–Crippen MR) is 50.5 cm³/mol. The van der Waals surface area contributed by atoms with Crippen molar-refractivity contribution in [2.75, 3.05) is 12.9 Å². The van der Waals surface area contributed by atoms with E-state index in [0.717, 1.165) is 0 Å². The molecule has 0 aromatic carbocycles. The molecule has 0 unspecified atom stereocenters. The van der Waals surface area contributed by atoms with Gasteiger partial charge in [0.15, 0.2) is 0 Å². The van der Waals surface area contributed by atoms with Gasteiger partial charge in [0.2, 0.25) is 11.0 Å². The van der Waals surface area contributed by atoms with Crippen molar-refractivity contribution in [2.24, 2.45) is 0 Å². The summed E-state index contributed by atoms with van der Waals surface area (Å²) in [7, 11) is -1.24. The van der Waals surface area contributed by atoms with E-state index in [1.54, 1.807) is 0 Å². The number of ether oxygens (including phenoxy) is 1. The second kappa shape index (κ2) is 4.53. The molecule has 0 amide bonds. The summed E-state index contributed by atoms with van der Waals surface area (Å²) in [6.45, 7) is 2.32. The quantitative estimate of drug-likeness (QED) is 0.569. The summed E-state index contributed by atoms with van der Waals surface area (Å²) in [5.74, 6) is 0.354. The minimum absolute atomic E-state index is 0.191. The van der Waals surface area contributed by atoms with Gasteiger partial charge in [-0.05, 0) is 6.92 Å². The van der Waals surface area contributed by atoms with Gasteiger partial charge in [-0.1, -0.05) is 11.6 Å². The molecule has 1 atom stereocenters. The van der Waals surface area contributed by atoms with Crippen molar-refractivity contribution in [1.82, 2.24) is 9.97 Å². The van der Waals surface area contributed by atoms with E-state index in [9.17, 15) is 4.21 Å². The topological polar surface area (TPSA) is 52.1 Å². The summed E-state index contributed by atoms with van der Waals surface area (Å²) in [6.07, 6.45) is 1.49. The molecule has 72 valence electrons. The molecule has 0 aliphatic carbocycles. The Labute approximate surface area is 83.8 Å². The van der Waals surface area contributed by atoms with E-state index in [1.807, 2.05) is 6.92 Å². The van der Waals surface area contributed by atoms with Gasteiger partial charge in [-0.3, -0.25) is 4.21 Å². The average molecular weight is 221 g/mol. The predicted octanol–water partition coefficient (Wildman–Crippen LogP) is 1.27. The summed E-state index contributed by atoms with van der Waals surface area (Å²) in [6, 6.07) is 1.49. The molecule has 0 aliphatic rings. The number of hydrogen-bond acceptors (Lipinski definition) is 4. The smallest absolute Gasteiger partial charge is 0.222 e. The first kappa shape index (κ1) is 10.4. The van der Waals surface area contributed by atoms with Gasteiger partial charge in [0.05, 0.1) is 17.4 Å². The first-order valence-electron chi connectivity index (χ1n) is 3.64. The van der Waals surface area contributed by atoms with Crippen LogP contribution in [0.4, 0.5) is 0 Å². The number of nitrogens with zero attached hydrogens (tertiary/aromatic N) is 2. The lowest BCUT2D eigenvalue weighted by Gasteiger charge is -2.02. The highest BCUT2D eigenvalue weighted by molar-refractivity contribution is 7.84. The van der Waals surface area contributed by atoms with Gasteiger partial charge < -0.3 is 4.74 Å². The monoisotopic (exact) mass is 220 g/mol. The van der Waals surface area contributed by atoms with Crippen molar-refractivity contribution < 1.29 is 8.95 Å². The van der Waals surface area contributed by atoms with Crippen molar-refractivity contribution in [3.05, 3.63) is 11.2 Å². The fourth-order valence-electron chi connectivity index (χ4n) is 0.727. The van der Waals surface area contributed by atoms with Crippen LogP contribution in [0.3, 0.4) is 0 Å². The largest absolute Gasteiger partial charge is 0.478 e. The Bertz CT molecular complexity index is 332. The third-order valence-electron chi connectivity index (χ3n) is 1.20. The van der Waals surface area contributed by atoms with Crippen LogP contribution < -0.4 is 4.74 Å². The molecule has 0 N–H and O–H groups in total. The van der Waals surface area contributed by atoms with E-state index in [-0.39, 0.29) is 10.3 Å². The Balaban J connectivity index is 3.03.